The van der Waals surface area contributed by atoms with Gasteiger partial charge in [0.25, 0.3) is 5.56 Å². The normalized spacial score (nSPS) is 11.6. The Morgan fingerprint density at radius 1 is 1.03 bits per heavy atom. The number of alkyl halides is 3. The number of halogens is 4. The Bertz CT molecular complexity index is 1400. The molecule has 0 saturated carbocycles. The van der Waals surface area contributed by atoms with Crippen LogP contribution < -0.4 is 15.6 Å². The van der Waals surface area contributed by atoms with Crippen molar-refractivity contribution in [1.29, 1.82) is 0 Å². The lowest BCUT2D eigenvalue weighted by molar-refractivity contribution is -0.137. The van der Waals surface area contributed by atoms with Crippen LogP contribution in [0.15, 0.2) is 65.5 Å². The van der Waals surface area contributed by atoms with E-state index in [0.717, 1.165) is 23.3 Å². The summed E-state index contributed by atoms with van der Waals surface area (Å²) >= 11 is 10.5. The van der Waals surface area contributed by atoms with Gasteiger partial charge in [-0.1, -0.05) is 35.9 Å². The van der Waals surface area contributed by atoms with Crippen LogP contribution >= 0.6 is 24.2 Å². The third-order valence-electron chi connectivity index (χ3n) is 5.45. The third kappa shape index (κ3) is 4.88. The van der Waals surface area contributed by atoms with Crippen molar-refractivity contribution in [1.82, 2.24) is 4.98 Å². The predicted octanol–water partition coefficient (Wildman–Crippen LogP) is 6.92. The molecule has 2 N–H and O–H groups in total. The molecule has 0 atom stereocenters. The molecule has 0 saturated heterocycles. The van der Waals surface area contributed by atoms with Crippen LogP contribution in [0.3, 0.4) is 0 Å². The van der Waals surface area contributed by atoms with Crippen molar-refractivity contribution in [3.63, 3.8) is 0 Å². The quantitative estimate of drug-likeness (QED) is 0.250. The van der Waals surface area contributed by atoms with Crippen molar-refractivity contribution in [3.05, 3.63) is 92.7 Å². The lowest BCUT2D eigenvalue weighted by atomic mass is 9.96. The number of thiol groups is 1. The smallest absolute Gasteiger partial charge is 0.416 e. The average Bonchev–Trinajstić information content (AvgIpc) is 2.81. The fourth-order valence-electron chi connectivity index (χ4n) is 3.75. The molecule has 0 radical (unpaired) electrons. The maximum atomic E-state index is 13.5. The van der Waals surface area contributed by atoms with Crippen molar-refractivity contribution in [3.8, 4) is 16.9 Å². The van der Waals surface area contributed by atoms with Crippen LogP contribution in [0.4, 0.5) is 18.9 Å². The van der Waals surface area contributed by atoms with Crippen molar-refractivity contribution < 1.29 is 17.9 Å². The topological polar surface area (TPSA) is 54.1 Å². The summed E-state index contributed by atoms with van der Waals surface area (Å²) in [4.78, 5) is 15.8. The third-order valence-corrected chi connectivity index (χ3v) is 6.05. The number of nitrogens with one attached hydrogen (secondary N) is 2. The number of H-pyrrole nitrogens is 1. The molecule has 0 amide bonds. The van der Waals surface area contributed by atoms with Crippen molar-refractivity contribution in [2.45, 2.75) is 18.5 Å². The van der Waals surface area contributed by atoms with Crippen molar-refractivity contribution in [2.24, 2.45) is 0 Å². The molecule has 0 fully saturated rings. The molecular formula is C25H20ClF3N2O2S. The van der Waals surface area contributed by atoms with Gasteiger partial charge in [-0.3, -0.25) is 4.79 Å². The first-order chi connectivity index (χ1) is 16.2. The number of fused-ring (bicyclic) bond motifs is 1. The van der Waals surface area contributed by atoms with Gasteiger partial charge in [0.15, 0.2) is 0 Å². The second kappa shape index (κ2) is 9.64. The van der Waals surface area contributed by atoms with Gasteiger partial charge in [-0.2, -0.15) is 25.8 Å². The van der Waals surface area contributed by atoms with Gasteiger partial charge in [0.2, 0.25) is 0 Å². The molecule has 34 heavy (non-hydrogen) atoms. The van der Waals surface area contributed by atoms with E-state index < -0.39 is 17.3 Å². The Morgan fingerprint density at radius 2 is 1.74 bits per heavy atom. The summed E-state index contributed by atoms with van der Waals surface area (Å²) in [6.45, 7) is 0.274. The van der Waals surface area contributed by atoms with Gasteiger partial charge < -0.3 is 15.0 Å². The molecule has 3 aromatic carbocycles. The highest BCUT2D eigenvalue weighted by Gasteiger charge is 2.31. The number of benzene rings is 3. The molecular weight excluding hydrogens is 485 g/mol. The fraction of sp³-hybridized carbons (Fsp3) is 0.160. The number of aromatic nitrogens is 1. The molecule has 0 aliphatic rings. The minimum atomic E-state index is -4.55. The Balaban J connectivity index is 1.94. The number of hydrogen-bond acceptors (Lipinski definition) is 4. The molecule has 176 valence electrons. The van der Waals surface area contributed by atoms with Gasteiger partial charge in [0.1, 0.15) is 11.4 Å². The zero-order valence-electron chi connectivity index (χ0n) is 18.0. The molecule has 1 aromatic heterocycles. The summed E-state index contributed by atoms with van der Waals surface area (Å²) in [5, 5.41) is 3.67. The van der Waals surface area contributed by atoms with Crippen molar-refractivity contribution >= 4 is 40.8 Å². The first-order valence-corrected chi connectivity index (χ1v) is 11.3. The Kier molecular flexibility index (Phi) is 6.81. The molecule has 0 bridgehead atoms. The van der Waals surface area contributed by atoms with E-state index in [1.807, 2.05) is 24.3 Å². The second-order valence-electron chi connectivity index (χ2n) is 7.64. The number of hydrogen-bond donors (Lipinski definition) is 3. The van der Waals surface area contributed by atoms with Crippen LogP contribution in [-0.2, 0) is 18.5 Å². The number of anilines is 1. The minimum Gasteiger partial charge on any atom is -0.496 e. The van der Waals surface area contributed by atoms with Crippen LogP contribution in [0.5, 0.6) is 5.75 Å². The monoisotopic (exact) mass is 504 g/mol. The van der Waals surface area contributed by atoms with Crippen molar-refractivity contribution in [2.75, 3.05) is 12.4 Å². The van der Waals surface area contributed by atoms with Gasteiger partial charge in [-0.05, 0) is 47.5 Å². The second-order valence-corrected chi connectivity index (χ2v) is 8.39. The molecule has 0 unspecified atom stereocenters. The number of rotatable bonds is 6. The van der Waals surface area contributed by atoms with Crippen LogP contribution in [-0.4, -0.2) is 12.1 Å². The van der Waals surface area contributed by atoms with Gasteiger partial charge in [-0.25, -0.2) is 0 Å². The van der Waals surface area contributed by atoms with E-state index in [1.165, 1.54) is 13.2 Å². The fourth-order valence-corrected chi connectivity index (χ4v) is 4.13. The largest absolute Gasteiger partial charge is 0.496 e. The average molecular weight is 505 g/mol. The van der Waals surface area contributed by atoms with E-state index in [0.29, 0.717) is 22.1 Å². The van der Waals surface area contributed by atoms with E-state index >= 15 is 0 Å². The summed E-state index contributed by atoms with van der Waals surface area (Å²) < 4.78 is 46.1. The van der Waals surface area contributed by atoms with Gasteiger partial charge in [0.05, 0.1) is 12.7 Å². The van der Waals surface area contributed by atoms with E-state index in [2.05, 4.69) is 22.9 Å². The van der Waals surface area contributed by atoms with E-state index in [-0.39, 0.29) is 28.7 Å². The van der Waals surface area contributed by atoms with E-state index in [9.17, 15) is 18.0 Å². The number of ether oxygens (including phenoxy) is 1. The van der Waals surface area contributed by atoms with Crippen LogP contribution in [0.2, 0.25) is 5.02 Å². The predicted molar refractivity (Wildman–Crippen MR) is 133 cm³/mol. The summed E-state index contributed by atoms with van der Waals surface area (Å²) in [5.74, 6) is 0.966. The Morgan fingerprint density at radius 3 is 2.38 bits per heavy atom. The first-order valence-electron chi connectivity index (χ1n) is 10.2. The van der Waals surface area contributed by atoms with Crippen LogP contribution in [0, 0.1) is 0 Å². The first kappa shape index (κ1) is 24.0. The zero-order valence-corrected chi connectivity index (χ0v) is 19.6. The number of pyridine rings is 1. The zero-order chi connectivity index (χ0) is 24.5. The molecule has 1 heterocycles. The molecule has 4 nitrogen and oxygen atoms in total. The maximum absolute atomic E-state index is 13.5. The van der Waals surface area contributed by atoms with Gasteiger partial charge in [0, 0.05) is 39.4 Å². The Hall–Kier alpha value is -3.10. The number of aromatic amines is 1. The highest BCUT2D eigenvalue weighted by molar-refractivity contribution is 7.79. The molecule has 0 aliphatic carbocycles. The summed E-state index contributed by atoms with van der Waals surface area (Å²) in [7, 11) is 1.44. The SMILES string of the molecule is COc1ccc(Cl)cc1-c1c(NCc2ccc(CS)cc2)c(=O)[nH]c2ccc(C(F)(F)F)cc12. The summed E-state index contributed by atoms with van der Waals surface area (Å²) in [6, 6.07) is 15.6. The Labute approximate surface area is 204 Å². The standard InChI is InChI=1S/C25H20ClF3N2O2S/c1-33-21-9-7-17(26)11-19(21)22-18-10-16(25(27,28)29)6-8-20(18)31-24(32)23(22)30-12-14-2-4-15(13-34)5-3-14/h2-11,30,34H,12-13H2,1H3,(H,31,32). The number of methoxy groups -OCH3 is 1. The molecule has 0 aliphatic heterocycles. The van der Waals surface area contributed by atoms with Gasteiger partial charge >= 0.3 is 6.18 Å². The molecule has 9 heteroatoms. The summed E-state index contributed by atoms with van der Waals surface area (Å²) in [5.41, 5.74) is 1.68. The lowest BCUT2D eigenvalue weighted by Gasteiger charge is -2.18. The van der Waals surface area contributed by atoms with E-state index in [1.54, 1.807) is 18.2 Å². The molecule has 4 rings (SSSR count). The highest BCUT2D eigenvalue weighted by Crippen LogP contribution is 2.41. The lowest BCUT2D eigenvalue weighted by Crippen LogP contribution is -2.16. The molecule has 0 spiro atoms. The summed E-state index contributed by atoms with van der Waals surface area (Å²) in [6.07, 6.45) is -4.55. The van der Waals surface area contributed by atoms with E-state index in [4.69, 9.17) is 16.3 Å². The highest BCUT2D eigenvalue weighted by atomic mass is 35.5. The van der Waals surface area contributed by atoms with Gasteiger partial charge in [-0.15, -0.1) is 0 Å². The molecule has 4 aromatic rings. The van der Waals surface area contributed by atoms with Crippen LogP contribution in [0.25, 0.3) is 22.0 Å². The van der Waals surface area contributed by atoms with Crippen LogP contribution in [0.1, 0.15) is 16.7 Å². The minimum absolute atomic E-state index is 0.116. The maximum Gasteiger partial charge on any atom is 0.416 e.